The Morgan fingerprint density at radius 2 is 2.15 bits per heavy atom. The zero-order valence-electron chi connectivity index (χ0n) is 11.3. The van der Waals surface area contributed by atoms with Crippen molar-refractivity contribution in [3.8, 4) is 0 Å². The zero-order chi connectivity index (χ0) is 15.3. The minimum Gasteiger partial charge on any atom is -0.480 e. The van der Waals surface area contributed by atoms with Crippen LogP contribution in [-0.4, -0.2) is 50.0 Å². The SMILES string of the molecule is CC(C)Cn1ncnc1CN(CC(=O)O)CC(F)(F)F. The Hall–Kier alpha value is -1.64. The molecular formula is C11H17F3N4O2. The van der Waals surface area contributed by atoms with Crippen LogP contribution in [0.15, 0.2) is 6.33 Å². The number of carbonyl (C=O) groups is 1. The summed E-state index contributed by atoms with van der Waals surface area (Å²) < 4.78 is 38.8. The topological polar surface area (TPSA) is 71.2 Å². The second kappa shape index (κ2) is 6.69. The smallest absolute Gasteiger partial charge is 0.401 e. The Balaban J connectivity index is 2.78. The third-order valence-corrected chi connectivity index (χ3v) is 2.36. The number of nitrogens with zero attached hydrogens (tertiary/aromatic N) is 4. The predicted octanol–water partition coefficient (Wildman–Crippen LogP) is 1.38. The van der Waals surface area contributed by atoms with Gasteiger partial charge in [-0.05, 0) is 5.92 Å². The molecule has 1 rings (SSSR count). The number of hydrogen-bond donors (Lipinski definition) is 1. The number of carboxylic acid groups (broad SMARTS) is 1. The molecule has 0 atom stereocenters. The zero-order valence-corrected chi connectivity index (χ0v) is 11.3. The lowest BCUT2D eigenvalue weighted by atomic mass is 10.2. The van der Waals surface area contributed by atoms with Crippen molar-refractivity contribution in [2.75, 3.05) is 13.1 Å². The molecule has 9 heteroatoms. The third kappa shape index (κ3) is 6.00. The summed E-state index contributed by atoms with van der Waals surface area (Å²) in [5, 5.41) is 12.6. The number of aromatic nitrogens is 3. The molecule has 0 aromatic carbocycles. The Morgan fingerprint density at radius 1 is 1.50 bits per heavy atom. The Bertz CT molecular complexity index is 445. The molecule has 0 aliphatic heterocycles. The van der Waals surface area contributed by atoms with Crippen LogP contribution >= 0.6 is 0 Å². The summed E-state index contributed by atoms with van der Waals surface area (Å²) in [5.74, 6) is -0.737. The number of aliphatic carboxylic acids is 1. The minimum atomic E-state index is -4.46. The van der Waals surface area contributed by atoms with E-state index < -0.39 is 25.2 Å². The van der Waals surface area contributed by atoms with Crippen LogP contribution in [0.25, 0.3) is 0 Å². The van der Waals surface area contributed by atoms with Gasteiger partial charge in [-0.15, -0.1) is 0 Å². The van der Waals surface area contributed by atoms with Gasteiger partial charge in [-0.3, -0.25) is 9.69 Å². The quantitative estimate of drug-likeness (QED) is 0.822. The monoisotopic (exact) mass is 294 g/mol. The molecule has 0 aliphatic rings. The van der Waals surface area contributed by atoms with Crippen LogP contribution in [0.4, 0.5) is 13.2 Å². The first-order valence-corrected chi connectivity index (χ1v) is 6.05. The first-order chi connectivity index (χ1) is 9.17. The van der Waals surface area contributed by atoms with Gasteiger partial charge in [-0.2, -0.15) is 18.3 Å². The summed E-state index contributed by atoms with van der Waals surface area (Å²) in [6, 6.07) is 0. The van der Waals surface area contributed by atoms with E-state index >= 15 is 0 Å². The van der Waals surface area contributed by atoms with Crippen molar-refractivity contribution in [1.29, 1.82) is 0 Å². The van der Waals surface area contributed by atoms with Crippen molar-refractivity contribution in [2.45, 2.75) is 33.1 Å². The van der Waals surface area contributed by atoms with Crippen LogP contribution in [-0.2, 0) is 17.9 Å². The van der Waals surface area contributed by atoms with E-state index in [9.17, 15) is 18.0 Å². The first-order valence-electron chi connectivity index (χ1n) is 6.05. The molecule has 0 bridgehead atoms. The molecule has 1 heterocycles. The van der Waals surface area contributed by atoms with Crippen LogP contribution in [0.2, 0.25) is 0 Å². The Labute approximate surface area is 114 Å². The first kappa shape index (κ1) is 16.4. The van der Waals surface area contributed by atoms with Crippen molar-refractivity contribution < 1.29 is 23.1 Å². The second-order valence-electron chi connectivity index (χ2n) is 4.91. The van der Waals surface area contributed by atoms with E-state index in [1.54, 1.807) is 0 Å². The Kier molecular flexibility index (Phi) is 5.49. The van der Waals surface area contributed by atoms with Gasteiger partial charge in [0.05, 0.1) is 19.6 Å². The summed E-state index contributed by atoms with van der Waals surface area (Å²) in [5.41, 5.74) is 0. The minimum absolute atomic E-state index is 0.210. The fraction of sp³-hybridized carbons (Fsp3) is 0.727. The Morgan fingerprint density at radius 3 is 2.65 bits per heavy atom. The van der Waals surface area contributed by atoms with E-state index in [-0.39, 0.29) is 12.5 Å². The molecule has 0 spiro atoms. The molecule has 0 saturated carbocycles. The molecule has 6 nitrogen and oxygen atoms in total. The van der Waals surface area contributed by atoms with Gasteiger partial charge in [0.15, 0.2) is 0 Å². The lowest BCUT2D eigenvalue weighted by molar-refractivity contribution is -0.155. The molecule has 1 N–H and O–H groups in total. The summed E-state index contributed by atoms with van der Waals surface area (Å²) in [7, 11) is 0. The molecule has 1 aromatic rings. The maximum atomic E-state index is 12.4. The van der Waals surface area contributed by atoms with Gasteiger partial charge in [0.2, 0.25) is 0 Å². The van der Waals surface area contributed by atoms with Gasteiger partial charge in [0.25, 0.3) is 0 Å². The highest BCUT2D eigenvalue weighted by Gasteiger charge is 2.32. The van der Waals surface area contributed by atoms with Crippen LogP contribution < -0.4 is 0 Å². The maximum absolute atomic E-state index is 12.4. The molecule has 1 aromatic heterocycles. The lowest BCUT2D eigenvalue weighted by Crippen LogP contribution is -2.38. The molecule has 20 heavy (non-hydrogen) atoms. The second-order valence-corrected chi connectivity index (χ2v) is 4.91. The molecule has 0 radical (unpaired) electrons. The molecule has 0 aliphatic carbocycles. The number of rotatable bonds is 7. The van der Waals surface area contributed by atoms with Crippen molar-refractivity contribution in [2.24, 2.45) is 5.92 Å². The highest BCUT2D eigenvalue weighted by atomic mass is 19.4. The number of hydrogen-bond acceptors (Lipinski definition) is 4. The predicted molar refractivity (Wildman–Crippen MR) is 63.8 cm³/mol. The van der Waals surface area contributed by atoms with Gasteiger partial charge < -0.3 is 5.11 Å². The van der Waals surface area contributed by atoms with Crippen molar-refractivity contribution >= 4 is 5.97 Å². The van der Waals surface area contributed by atoms with Gasteiger partial charge in [-0.25, -0.2) is 9.67 Å². The van der Waals surface area contributed by atoms with Gasteiger partial charge in [-0.1, -0.05) is 13.8 Å². The van der Waals surface area contributed by atoms with E-state index in [2.05, 4.69) is 10.1 Å². The van der Waals surface area contributed by atoms with Crippen molar-refractivity contribution in [3.63, 3.8) is 0 Å². The number of alkyl halides is 3. The largest absolute Gasteiger partial charge is 0.480 e. The standard InChI is InChI=1S/C11H17F3N4O2/c1-8(2)3-18-9(15-7-16-18)4-17(5-10(19)20)6-11(12,13)14/h7-8H,3-6H2,1-2H3,(H,19,20). The number of halogens is 3. The molecular weight excluding hydrogens is 277 g/mol. The van der Waals surface area contributed by atoms with Gasteiger partial charge in [0, 0.05) is 6.54 Å². The summed E-state index contributed by atoms with van der Waals surface area (Å²) in [6.07, 6.45) is -3.21. The summed E-state index contributed by atoms with van der Waals surface area (Å²) in [6.45, 7) is 2.19. The number of carboxylic acids is 1. The van der Waals surface area contributed by atoms with E-state index in [0.29, 0.717) is 12.4 Å². The molecule has 0 saturated heterocycles. The van der Waals surface area contributed by atoms with Crippen LogP contribution in [0.5, 0.6) is 0 Å². The molecule has 0 amide bonds. The normalized spacial score (nSPS) is 12.3. The molecule has 114 valence electrons. The van der Waals surface area contributed by atoms with Gasteiger partial charge in [0.1, 0.15) is 12.2 Å². The summed E-state index contributed by atoms with van der Waals surface area (Å²) >= 11 is 0. The third-order valence-electron chi connectivity index (χ3n) is 2.36. The fourth-order valence-electron chi connectivity index (χ4n) is 1.72. The summed E-state index contributed by atoms with van der Waals surface area (Å²) in [4.78, 5) is 15.3. The highest BCUT2D eigenvalue weighted by Crippen LogP contribution is 2.17. The van der Waals surface area contributed by atoms with Crippen LogP contribution in [0, 0.1) is 5.92 Å². The molecule has 0 fully saturated rings. The fourth-order valence-corrected chi connectivity index (χ4v) is 1.72. The van der Waals surface area contributed by atoms with Crippen LogP contribution in [0.1, 0.15) is 19.7 Å². The van der Waals surface area contributed by atoms with E-state index in [4.69, 9.17) is 5.11 Å². The highest BCUT2D eigenvalue weighted by molar-refractivity contribution is 5.69. The van der Waals surface area contributed by atoms with Gasteiger partial charge >= 0.3 is 12.1 Å². The van der Waals surface area contributed by atoms with Crippen molar-refractivity contribution in [1.82, 2.24) is 19.7 Å². The van der Waals surface area contributed by atoms with E-state index in [1.165, 1.54) is 11.0 Å². The van der Waals surface area contributed by atoms with E-state index in [0.717, 1.165) is 4.90 Å². The van der Waals surface area contributed by atoms with Crippen LogP contribution in [0.3, 0.4) is 0 Å². The lowest BCUT2D eigenvalue weighted by Gasteiger charge is -2.21. The average Bonchev–Trinajstić information content (AvgIpc) is 2.60. The van der Waals surface area contributed by atoms with Crippen molar-refractivity contribution in [3.05, 3.63) is 12.2 Å². The maximum Gasteiger partial charge on any atom is 0.401 e. The molecule has 0 unspecified atom stereocenters. The van der Waals surface area contributed by atoms with E-state index in [1.807, 2.05) is 13.8 Å². The average molecular weight is 294 g/mol.